The summed E-state index contributed by atoms with van der Waals surface area (Å²) in [7, 11) is 0. The van der Waals surface area contributed by atoms with Crippen LogP contribution in [0.5, 0.6) is 11.5 Å². The van der Waals surface area contributed by atoms with E-state index < -0.39 is 0 Å². The number of ether oxygens (including phenoxy) is 1. The predicted octanol–water partition coefficient (Wildman–Crippen LogP) is 4.61. The van der Waals surface area contributed by atoms with Gasteiger partial charge in [0.25, 0.3) is 0 Å². The predicted molar refractivity (Wildman–Crippen MR) is 79.8 cm³/mol. The van der Waals surface area contributed by atoms with Crippen molar-refractivity contribution in [2.24, 2.45) is 0 Å². The molecule has 3 nitrogen and oxygen atoms in total. The Hall–Kier alpha value is -2.81. The highest BCUT2D eigenvalue weighted by molar-refractivity contribution is 6.08. The first-order valence-corrected chi connectivity index (χ1v) is 6.66. The number of furan rings is 1. The zero-order valence-corrected chi connectivity index (χ0v) is 11.6. The molecule has 0 aliphatic carbocycles. The molecule has 1 aromatic heterocycles. The second kappa shape index (κ2) is 5.67. The maximum absolute atomic E-state index is 12.3. The molecule has 0 N–H and O–H groups in total. The molecule has 3 rings (SSSR count). The van der Waals surface area contributed by atoms with Crippen molar-refractivity contribution in [2.75, 3.05) is 0 Å². The van der Waals surface area contributed by atoms with E-state index >= 15 is 0 Å². The molecule has 104 valence electrons. The van der Waals surface area contributed by atoms with E-state index in [1.165, 1.54) is 6.26 Å². The van der Waals surface area contributed by atoms with Crippen LogP contribution in [-0.2, 0) is 0 Å². The van der Waals surface area contributed by atoms with Crippen LogP contribution in [0.2, 0.25) is 0 Å². The summed E-state index contributed by atoms with van der Waals surface area (Å²) in [6.07, 6.45) is 1.52. The molecule has 1 heterocycles. The third-order valence-electron chi connectivity index (χ3n) is 3.16. The Morgan fingerprint density at radius 3 is 2.19 bits per heavy atom. The third-order valence-corrected chi connectivity index (χ3v) is 3.16. The average Bonchev–Trinajstić information content (AvgIpc) is 2.94. The lowest BCUT2D eigenvalue weighted by molar-refractivity contribution is 0.101. The van der Waals surface area contributed by atoms with Crippen molar-refractivity contribution < 1.29 is 13.9 Å². The van der Waals surface area contributed by atoms with E-state index in [0.29, 0.717) is 17.1 Å². The zero-order chi connectivity index (χ0) is 14.7. The van der Waals surface area contributed by atoms with Gasteiger partial charge in [0.1, 0.15) is 11.5 Å². The number of ketones is 1. The summed E-state index contributed by atoms with van der Waals surface area (Å²) in [4.78, 5) is 12.3. The van der Waals surface area contributed by atoms with Crippen molar-refractivity contribution in [3.8, 4) is 11.5 Å². The normalized spacial score (nSPS) is 10.3. The molecule has 0 saturated carbocycles. The van der Waals surface area contributed by atoms with Gasteiger partial charge in [-0.3, -0.25) is 4.79 Å². The Labute approximate surface area is 122 Å². The number of para-hydroxylation sites is 1. The van der Waals surface area contributed by atoms with Crippen molar-refractivity contribution in [1.82, 2.24) is 0 Å². The van der Waals surface area contributed by atoms with E-state index in [4.69, 9.17) is 9.15 Å². The lowest BCUT2D eigenvalue weighted by Gasteiger charge is -2.06. The number of hydrogen-bond donors (Lipinski definition) is 0. The molecular weight excluding hydrogens is 264 g/mol. The molecule has 21 heavy (non-hydrogen) atoms. The summed E-state index contributed by atoms with van der Waals surface area (Å²) < 4.78 is 10.9. The lowest BCUT2D eigenvalue weighted by Crippen LogP contribution is -2.01. The van der Waals surface area contributed by atoms with Gasteiger partial charge in [0.2, 0.25) is 5.78 Å². The summed E-state index contributed by atoms with van der Waals surface area (Å²) in [6.45, 7) is 1.85. The van der Waals surface area contributed by atoms with Crippen LogP contribution in [0.4, 0.5) is 0 Å². The largest absolute Gasteiger partial charge is 0.461 e. The van der Waals surface area contributed by atoms with Crippen molar-refractivity contribution in [3.05, 3.63) is 83.8 Å². The van der Waals surface area contributed by atoms with Crippen molar-refractivity contribution >= 4 is 5.78 Å². The van der Waals surface area contributed by atoms with E-state index in [1.54, 1.807) is 30.3 Å². The molecule has 0 amide bonds. The van der Waals surface area contributed by atoms with Crippen molar-refractivity contribution in [1.29, 1.82) is 0 Å². The highest BCUT2D eigenvalue weighted by atomic mass is 16.5. The van der Waals surface area contributed by atoms with Crippen LogP contribution in [-0.4, -0.2) is 5.78 Å². The van der Waals surface area contributed by atoms with Crippen LogP contribution in [0.1, 0.15) is 21.7 Å². The first kappa shape index (κ1) is 13.2. The maximum atomic E-state index is 12.3. The molecule has 2 aromatic carbocycles. The summed E-state index contributed by atoms with van der Waals surface area (Å²) >= 11 is 0. The second-order valence-electron chi connectivity index (χ2n) is 4.70. The fourth-order valence-electron chi connectivity index (χ4n) is 2.04. The topological polar surface area (TPSA) is 39.4 Å². The Morgan fingerprint density at radius 2 is 1.57 bits per heavy atom. The molecule has 0 aliphatic rings. The number of rotatable bonds is 4. The summed E-state index contributed by atoms with van der Waals surface area (Å²) in [5.74, 6) is 1.71. The molecule has 3 heteroatoms. The highest BCUT2D eigenvalue weighted by Gasteiger charge is 2.14. The average molecular weight is 278 g/mol. The molecule has 0 aliphatic heterocycles. The van der Waals surface area contributed by atoms with Crippen LogP contribution in [0.15, 0.2) is 71.3 Å². The Kier molecular flexibility index (Phi) is 3.56. The van der Waals surface area contributed by atoms with E-state index in [9.17, 15) is 4.79 Å². The van der Waals surface area contributed by atoms with Crippen molar-refractivity contribution in [2.45, 2.75) is 6.92 Å². The quantitative estimate of drug-likeness (QED) is 0.654. The van der Waals surface area contributed by atoms with E-state index in [1.807, 2.05) is 37.3 Å². The van der Waals surface area contributed by atoms with Gasteiger partial charge in [-0.25, -0.2) is 0 Å². The Morgan fingerprint density at radius 1 is 0.905 bits per heavy atom. The minimum atomic E-state index is -0.122. The maximum Gasteiger partial charge on any atom is 0.228 e. The van der Waals surface area contributed by atoms with Crippen molar-refractivity contribution in [3.63, 3.8) is 0 Å². The monoisotopic (exact) mass is 278 g/mol. The van der Waals surface area contributed by atoms with Gasteiger partial charge >= 0.3 is 0 Å². The third kappa shape index (κ3) is 2.87. The van der Waals surface area contributed by atoms with E-state index in [2.05, 4.69) is 0 Å². The Bertz CT molecular complexity index is 740. The van der Waals surface area contributed by atoms with Gasteiger partial charge in [-0.2, -0.15) is 0 Å². The summed E-state index contributed by atoms with van der Waals surface area (Å²) in [5.41, 5.74) is 1.41. The van der Waals surface area contributed by atoms with Gasteiger partial charge in [0.15, 0.2) is 5.76 Å². The molecule has 0 spiro atoms. The molecular formula is C18H14O3. The zero-order valence-electron chi connectivity index (χ0n) is 11.6. The highest BCUT2D eigenvalue weighted by Crippen LogP contribution is 2.22. The summed E-state index contributed by atoms with van der Waals surface area (Å²) in [6, 6.07) is 18.3. The number of benzene rings is 2. The van der Waals surface area contributed by atoms with E-state index in [-0.39, 0.29) is 5.78 Å². The van der Waals surface area contributed by atoms with Crippen LogP contribution in [0.3, 0.4) is 0 Å². The molecule has 0 unspecified atom stereocenters. The molecule has 0 fully saturated rings. The molecule has 0 atom stereocenters. The number of carbonyl (C=O) groups excluding carboxylic acids is 1. The molecule has 0 bridgehead atoms. The lowest BCUT2D eigenvalue weighted by atomic mass is 10.1. The van der Waals surface area contributed by atoms with Gasteiger partial charge in [0, 0.05) is 5.56 Å². The van der Waals surface area contributed by atoms with Gasteiger partial charge in [-0.15, -0.1) is 0 Å². The Balaban J connectivity index is 1.78. The fraction of sp³-hybridized carbons (Fsp3) is 0.0556. The minimum Gasteiger partial charge on any atom is -0.461 e. The molecule has 0 saturated heterocycles. The SMILES string of the molecule is Cc1ccoc1C(=O)c1ccc(Oc2ccccc2)cc1. The fourth-order valence-corrected chi connectivity index (χ4v) is 2.04. The van der Waals surface area contributed by atoms with E-state index in [0.717, 1.165) is 11.3 Å². The second-order valence-corrected chi connectivity index (χ2v) is 4.70. The van der Waals surface area contributed by atoms with Crippen LogP contribution in [0.25, 0.3) is 0 Å². The molecule has 3 aromatic rings. The number of carbonyl (C=O) groups is 1. The van der Waals surface area contributed by atoms with Crippen LogP contribution < -0.4 is 4.74 Å². The van der Waals surface area contributed by atoms with Gasteiger partial charge in [0.05, 0.1) is 6.26 Å². The van der Waals surface area contributed by atoms with Gasteiger partial charge in [-0.05, 0) is 55.0 Å². The molecule has 0 radical (unpaired) electrons. The summed E-state index contributed by atoms with van der Waals surface area (Å²) in [5, 5.41) is 0. The smallest absolute Gasteiger partial charge is 0.228 e. The van der Waals surface area contributed by atoms with Gasteiger partial charge < -0.3 is 9.15 Å². The minimum absolute atomic E-state index is 0.122. The van der Waals surface area contributed by atoms with Gasteiger partial charge in [-0.1, -0.05) is 18.2 Å². The van der Waals surface area contributed by atoms with Crippen LogP contribution in [0, 0.1) is 6.92 Å². The first-order valence-electron chi connectivity index (χ1n) is 6.66. The number of aryl methyl sites for hydroxylation is 1. The first-order chi connectivity index (χ1) is 10.2. The van der Waals surface area contributed by atoms with Crippen LogP contribution >= 0.6 is 0 Å². The standard InChI is InChI=1S/C18H14O3/c1-13-11-12-20-18(13)17(19)14-7-9-16(10-8-14)21-15-5-3-2-4-6-15/h2-12H,1H3. The number of hydrogen-bond acceptors (Lipinski definition) is 3.